The van der Waals surface area contributed by atoms with E-state index in [2.05, 4.69) is 21.2 Å². The molecule has 106 valence electrons. The zero-order valence-electron chi connectivity index (χ0n) is 11.7. The molecule has 2 aromatic carbocycles. The van der Waals surface area contributed by atoms with Crippen LogP contribution < -0.4 is 20.5 Å². The summed E-state index contributed by atoms with van der Waals surface area (Å²) in [5.74, 6) is 1.47. The normalized spacial score (nSPS) is 10.2. The van der Waals surface area contributed by atoms with Crippen molar-refractivity contribution in [1.29, 1.82) is 0 Å². The lowest BCUT2D eigenvalue weighted by Gasteiger charge is -2.16. The Hall–Kier alpha value is -1.88. The van der Waals surface area contributed by atoms with E-state index in [9.17, 15) is 0 Å². The average Bonchev–Trinajstić information content (AvgIpc) is 2.43. The minimum Gasteiger partial charge on any atom is -0.497 e. The minimum absolute atomic E-state index is 0.664. The Bertz CT molecular complexity index is 630. The fourth-order valence-electron chi connectivity index (χ4n) is 1.94. The van der Waals surface area contributed by atoms with Crippen LogP contribution in [0.25, 0.3) is 0 Å². The third-order valence-electron chi connectivity index (χ3n) is 3.00. The first kappa shape index (κ1) is 14.5. The second-order valence-corrected chi connectivity index (χ2v) is 5.29. The Morgan fingerprint density at radius 2 is 1.85 bits per heavy atom. The van der Waals surface area contributed by atoms with Crippen molar-refractivity contribution in [1.82, 2.24) is 0 Å². The first-order valence-corrected chi connectivity index (χ1v) is 6.89. The predicted octanol–water partition coefficient (Wildman–Crippen LogP) is 4.10. The van der Waals surface area contributed by atoms with E-state index < -0.39 is 0 Å². The van der Waals surface area contributed by atoms with Crippen molar-refractivity contribution >= 4 is 33.0 Å². The summed E-state index contributed by atoms with van der Waals surface area (Å²) in [7, 11) is 3.26. The van der Waals surface area contributed by atoms with Gasteiger partial charge in [0, 0.05) is 10.5 Å². The van der Waals surface area contributed by atoms with Gasteiger partial charge in [-0.3, -0.25) is 0 Å². The second kappa shape index (κ2) is 6.05. The summed E-state index contributed by atoms with van der Waals surface area (Å²) in [4.78, 5) is 0. The van der Waals surface area contributed by atoms with Gasteiger partial charge < -0.3 is 20.5 Å². The molecule has 0 aliphatic carbocycles. The van der Waals surface area contributed by atoms with Gasteiger partial charge in [0.15, 0.2) is 0 Å². The average molecular weight is 337 g/mol. The fourth-order valence-corrected chi connectivity index (χ4v) is 2.32. The molecule has 0 spiro atoms. The molecular formula is C15H17BrN2O2. The lowest BCUT2D eigenvalue weighted by atomic mass is 10.1. The molecule has 0 bridgehead atoms. The van der Waals surface area contributed by atoms with E-state index in [0.29, 0.717) is 11.4 Å². The molecule has 5 heteroatoms. The number of benzene rings is 2. The maximum absolute atomic E-state index is 6.01. The van der Waals surface area contributed by atoms with Crippen molar-refractivity contribution in [2.45, 2.75) is 6.92 Å². The van der Waals surface area contributed by atoms with E-state index in [0.717, 1.165) is 27.2 Å². The molecule has 0 heterocycles. The highest BCUT2D eigenvalue weighted by Gasteiger charge is 2.11. The lowest BCUT2D eigenvalue weighted by Crippen LogP contribution is -2.01. The number of ether oxygens (including phenoxy) is 2. The number of rotatable bonds is 4. The number of halogens is 1. The largest absolute Gasteiger partial charge is 0.497 e. The fraction of sp³-hybridized carbons (Fsp3) is 0.200. The van der Waals surface area contributed by atoms with Crippen LogP contribution in [0.15, 0.2) is 34.8 Å². The lowest BCUT2D eigenvalue weighted by molar-refractivity contribution is 0.395. The summed E-state index contributed by atoms with van der Waals surface area (Å²) >= 11 is 3.39. The molecule has 4 nitrogen and oxygen atoms in total. The van der Waals surface area contributed by atoms with Crippen LogP contribution in [0.1, 0.15) is 5.56 Å². The van der Waals surface area contributed by atoms with Gasteiger partial charge in [-0.05, 0) is 36.8 Å². The first-order chi connectivity index (χ1) is 9.55. The van der Waals surface area contributed by atoms with Crippen LogP contribution in [0.4, 0.5) is 17.1 Å². The number of hydrogen-bond acceptors (Lipinski definition) is 4. The summed E-state index contributed by atoms with van der Waals surface area (Å²) in [6.07, 6.45) is 0. The molecule has 0 fully saturated rings. The number of nitrogens with one attached hydrogen (secondary N) is 1. The number of nitrogens with two attached hydrogens (primary N) is 1. The Kier molecular flexibility index (Phi) is 4.39. The van der Waals surface area contributed by atoms with E-state index in [1.54, 1.807) is 14.2 Å². The molecule has 0 unspecified atom stereocenters. The Labute approximate surface area is 127 Å². The van der Waals surface area contributed by atoms with Gasteiger partial charge in [0.1, 0.15) is 11.5 Å². The van der Waals surface area contributed by atoms with Crippen molar-refractivity contribution in [3.63, 3.8) is 0 Å². The number of aryl methyl sites for hydroxylation is 1. The van der Waals surface area contributed by atoms with E-state index in [1.165, 1.54) is 0 Å². The molecular weight excluding hydrogens is 320 g/mol. The predicted molar refractivity (Wildman–Crippen MR) is 86.1 cm³/mol. The van der Waals surface area contributed by atoms with Gasteiger partial charge in [-0.1, -0.05) is 15.9 Å². The monoisotopic (exact) mass is 336 g/mol. The smallest absolute Gasteiger partial charge is 0.146 e. The molecule has 0 aromatic heterocycles. The summed E-state index contributed by atoms with van der Waals surface area (Å²) in [6, 6.07) is 9.49. The topological polar surface area (TPSA) is 56.5 Å². The third kappa shape index (κ3) is 2.99. The minimum atomic E-state index is 0.664. The van der Waals surface area contributed by atoms with Crippen LogP contribution in [0.5, 0.6) is 11.5 Å². The summed E-state index contributed by atoms with van der Waals surface area (Å²) in [5, 5.41) is 3.31. The molecule has 20 heavy (non-hydrogen) atoms. The maximum Gasteiger partial charge on any atom is 0.146 e. The van der Waals surface area contributed by atoms with Crippen LogP contribution in [-0.2, 0) is 0 Å². The van der Waals surface area contributed by atoms with Crippen molar-refractivity contribution in [2.75, 3.05) is 25.3 Å². The standard InChI is InChI=1S/C15H17BrN2O2/c1-9-6-11(19-2)8-14(20-3)15(9)18-13-5-4-10(16)7-12(13)17/h4-8,18H,17H2,1-3H3. The number of nitrogen functional groups attached to an aromatic ring is 1. The quantitative estimate of drug-likeness (QED) is 0.825. The van der Waals surface area contributed by atoms with Crippen LogP contribution in [0, 0.1) is 6.92 Å². The SMILES string of the molecule is COc1cc(C)c(Nc2ccc(Br)cc2N)c(OC)c1. The number of hydrogen-bond donors (Lipinski definition) is 2. The van der Waals surface area contributed by atoms with Gasteiger partial charge in [-0.15, -0.1) is 0 Å². The van der Waals surface area contributed by atoms with Gasteiger partial charge in [0.25, 0.3) is 0 Å². The Morgan fingerprint density at radius 1 is 1.10 bits per heavy atom. The number of methoxy groups -OCH3 is 2. The van der Waals surface area contributed by atoms with Crippen molar-refractivity contribution in [2.24, 2.45) is 0 Å². The summed E-state index contributed by atoms with van der Waals surface area (Å²) in [5.41, 5.74) is 9.40. The molecule has 0 saturated heterocycles. The number of anilines is 3. The van der Waals surface area contributed by atoms with Gasteiger partial charge in [-0.25, -0.2) is 0 Å². The van der Waals surface area contributed by atoms with Gasteiger partial charge >= 0.3 is 0 Å². The second-order valence-electron chi connectivity index (χ2n) is 4.38. The molecule has 0 saturated carbocycles. The van der Waals surface area contributed by atoms with Crippen LogP contribution >= 0.6 is 15.9 Å². The van der Waals surface area contributed by atoms with Crippen molar-refractivity contribution < 1.29 is 9.47 Å². The van der Waals surface area contributed by atoms with Gasteiger partial charge in [-0.2, -0.15) is 0 Å². The molecule has 3 N–H and O–H groups in total. The molecule has 0 aliphatic heterocycles. The van der Waals surface area contributed by atoms with Crippen molar-refractivity contribution in [3.05, 3.63) is 40.4 Å². The highest BCUT2D eigenvalue weighted by Crippen LogP contribution is 2.36. The van der Waals surface area contributed by atoms with Crippen LogP contribution in [0.3, 0.4) is 0 Å². The summed E-state index contributed by atoms with van der Waals surface area (Å²) < 4.78 is 11.6. The van der Waals surface area contributed by atoms with E-state index in [-0.39, 0.29) is 0 Å². The van der Waals surface area contributed by atoms with E-state index in [4.69, 9.17) is 15.2 Å². The zero-order valence-corrected chi connectivity index (χ0v) is 13.2. The van der Waals surface area contributed by atoms with Crippen LogP contribution in [-0.4, -0.2) is 14.2 Å². The third-order valence-corrected chi connectivity index (χ3v) is 3.50. The molecule has 0 amide bonds. The first-order valence-electron chi connectivity index (χ1n) is 6.10. The van der Waals surface area contributed by atoms with Gasteiger partial charge in [0.2, 0.25) is 0 Å². The summed E-state index contributed by atoms with van der Waals surface area (Å²) in [6.45, 7) is 1.99. The molecule has 2 aromatic rings. The van der Waals surface area contributed by atoms with E-state index in [1.807, 2.05) is 37.3 Å². The maximum atomic E-state index is 6.01. The molecule has 0 radical (unpaired) electrons. The zero-order chi connectivity index (χ0) is 14.7. The molecule has 2 rings (SSSR count). The molecule has 0 aliphatic rings. The highest BCUT2D eigenvalue weighted by molar-refractivity contribution is 9.10. The van der Waals surface area contributed by atoms with Gasteiger partial charge in [0.05, 0.1) is 31.3 Å². The highest BCUT2D eigenvalue weighted by atomic mass is 79.9. The molecule has 0 atom stereocenters. The Morgan fingerprint density at radius 3 is 2.45 bits per heavy atom. The Balaban J connectivity index is 2.42. The van der Waals surface area contributed by atoms with Crippen LogP contribution in [0.2, 0.25) is 0 Å². The van der Waals surface area contributed by atoms with E-state index >= 15 is 0 Å². The van der Waals surface area contributed by atoms with Crippen molar-refractivity contribution in [3.8, 4) is 11.5 Å².